The molecule has 0 aromatic heterocycles. The number of rotatable bonds is 6. The second kappa shape index (κ2) is 6.39. The van der Waals surface area contributed by atoms with E-state index in [0.717, 1.165) is 24.4 Å². The summed E-state index contributed by atoms with van der Waals surface area (Å²) < 4.78 is 0. The lowest BCUT2D eigenvalue weighted by Gasteiger charge is -2.25. The lowest BCUT2D eigenvalue weighted by Crippen LogP contribution is -2.39. The fourth-order valence-corrected chi connectivity index (χ4v) is 2.01. The van der Waals surface area contributed by atoms with E-state index in [1.807, 2.05) is 32.0 Å². The molecule has 2 nitrogen and oxygen atoms in total. The van der Waals surface area contributed by atoms with E-state index >= 15 is 0 Å². The molecule has 0 radical (unpaired) electrons. The molecule has 0 aliphatic heterocycles. The van der Waals surface area contributed by atoms with Crippen molar-refractivity contribution >= 4 is 11.6 Å². The van der Waals surface area contributed by atoms with E-state index in [1.165, 1.54) is 11.1 Å². The summed E-state index contributed by atoms with van der Waals surface area (Å²) in [6.07, 6.45) is 1.55. The van der Waals surface area contributed by atoms with Gasteiger partial charge in [-0.2, -0.15) is 0 Å². The maximum Gasteiger partial charge on any atom is 0.0766 e. The van der Waals surface area contributed by atoms with Crippen LogP contribution in [0.5, 0.6) is 0 Å². The van der Waals surface area contributed by atoms with Crippen molar-refractivity contribution in [3.05, 3.63) is 34.3 Å². The average Bonchev–Trinajstić information content (AvgIpc) is 2.32. The molecule has 2 N–H and O–H groups in total. The molecule has 0 amide bonds. The number of aryl methyl sites for hydroxylation is 1. The van der Waals surface area contributed by atoms with Gasteiger partial charge in [-0.15, -0.1) is 0 Å². The second-order valence-electron chi connectivity index (χ2n) is 4.61. The number of hydrogen-bond donors (Lipinski definition) is 2. The molecule has 1 aromatic rings. The summed E-state index contributed by atoms with van der Waals surface area (Å²) in [4.78, 5) is 0. The van der Waals surface area contributed by atoms with Crippen LogP contribution >= 0.6 is 11.6 Å². The van der Waals surface area contributed by atoms with Crippen molar-refractivity contribution < 1.29 is 5.11 Å². The van der Waals surface area contributed by atoms with E-state index in [0.29, 0.717) is 6.54 Å². The van der Waals surface area contributed by atoms with Gasteiger partial charge in [0.05, 0.1) is 5.60 Å². The van der Waals surface area contributed by atoms with Gasteiger partial charge in [0.2, 0.25) is 0 Å². The van der Waals surface area contributed by atoms with Crippen molar-refractivity contribution in [1.29, 1.82) is 0 Å². The summed E-state index contributed by atoms with van der Waals surface area (Å²) in [5.74, 6) is 0. The van der Waals surface area contributed by atoms with Gasteiger partial charge >= 0.3 is 0 Å². The van der Waals surface area contributed by atoms with Crippen molar-refractivity contribution in [3.8, 4) is 0 Å². The van der Waals surface area contributed by atoms with E-state index < -0.39 is 5.60 Å². The molecule has 0 atom stereocenters. The molecule has 0 saturated heterocycles. The Balaban J connectivity index is 2.51. The van der Waals surface area contributed by atoms with Gasteiger partial charge in [0.15, 0.2) is 0 Å². The monoisotopic (exact) mass is 255 g/mol. The zero-order valence-corrected chi connectivity index (χ0v) is 11.6. The molecule has 17 heavy (non-hydrogen) atoms. The first kappa shape index (κ1) is 14.5. The Hall–Kier alpha value is -0.570. The minimum absolute atomic E-state index is 0.583. The first-order valence-electron chi connectivity index (χ1n) is 6.19. The highest BCUT2D eigenvalue weighted by Crippen LogP contribution is 2.16. The van der Waals surface area contributed by atoms with E-state index in [-0.39, 0.29) is 0 Å². The molecular formula is C14H22ClNO. The summed E-state index contributed by atoms with van der Waals surface area (Å²) >= 11 is 5.91. The van der Waals surface area contributed by atoms with Crippen LogP contribution in [-0.2, 0) is 6.54 Å². The SMILES string of the molecule is CCC(O)(CC)CNCc1ccc(Cl)cc1C. The lowest BCUT2D eigenvalue weighted by molar-refractivity contribution is 0.0323. The van der Waals surface area contributed by atoms with Gasteiger partial charge in [-0.3, -0.25) is 0 Å². The molecule has 0 unspecified atom stereocenters. The average molecular weight is 256 g/mol. The van der Waals surface area contributed by atoms with E-state index in [1.54, 1.807) is 0 Å². The maximum absolute atomic E-state index is 10.1. The summed E-state index contributed by atoms with van der Waals surface area (Å²) in [5.41, 5.74) is 1.82. The molecule has 0 saturated carbocycles. The maximum atomic E-state index is 10.1. The summed E-state index contributed by atoms with van der Waals surface area (Å²) in [6, 6.07) is 5.89. The van der Waals surface area contributed by atoms with Crippen LogP contribution in [0.4, 0.5) is 0 Å². The third-order valence-corrected chi connectivity index (χ3v) is 3.63. The normalized spacial score (nSPS) is 11.8. The summed E-state index contributed by atoms with van der Waals surface area (Å²) in [5, 5.41) is 14.2. The Labute approximate surface area is 109 Å². The van der Waals surface area contributed by atoms with Crippen molar-refractivity contribution in [1.82, 2.24) is 5.32 Å². The third kappa shape index (κ3) is 4.30. The molecule has 1 rings (SSSR count). The topological polar surface area (TPSA) is 32.3 Å². The van der Waals surface area contributed by atoms with Crippen LogP contribution in [0.25, 0.3) is 0 Å². The Bertz CT molecular complexity index is 361. The minimum atomic E-state index is -0.583. The lowest BCUT2D eigenvalue weighted by atomic mass is 9.97. The number of halogens is 1. The Morgan fingerprint density at radius 3 is 2.47 bits per heavy atom. The molecule has 0 bridgehead atoms. The van der Waals surface area contributed by atoms with Gasteiger partial charge in [0.25, 0.3) is 0 Å². The number of nitrogens with one attached hydrogen (secondary N) is 1. The van der Waals surface area contributed by atoms with Crippen LogP contribution in [0.15, 0.2) is 18.2 Å². The molecular weight excluding hydrogens is 234 g/mol. The molecule has 3 heteroatoms. The zero-order chi connectivity index (χ0) is 12.9. The van der Waals surface area contributed by atoms with Crippen molar-refractivity contribution in [2.24, 2.45) is 0 Å². The van der Waals surface area contributed by atoms with Crippen molar-refractivity contribution in [2.45, 2.75) is 45.8 Å². The highest BCUT2D eigenvalue weighted by Gasteiger charge is 2.21. The number of hydrogen-bond acceptors (Lipinski definition) is 2. The fraction of sp³-hybridized carbons (Fsp3) is 0.571. The van der Waals surface area contributed by atoms with Crippen LogP contribution in [0.2, 0.25) is 5.02 Å². The first-order chi connectivity index (χ1) is 8.00. The molecule has 0 heterocycles. The van der Waals surface area contributed by atoms with Crippen molar-refractivity contribution in [3.63, 3.8) is 0 Å². The summed E-state index contributed by atoms with van der Waals surface area (Å²) in [7, 11) is 0. The van der Waals surface area contributed by atoms with Crippen LogP contribution in [-0.4, -0.2) is 17.3 Å². The molecule has 0 spiro atoms. The van der Waals surface area contributed by atoms with Crippen LogP contribution in [0.3, 0.4) is 0 Å². The van der Waals surface area contributed by atoms with Gasteiger partial charge in [0, 0.05) is 18.1 Å². The Morgan fingerprint density at radius 2 is 1.94 bits per heavy atom. The number of benzene rings is 1. The predicted molar refractivity (Wildman–Crippen MR) is 73.4 cm³/mol. The molecule has 0 aliphatic rings. The van der Waals surface area contributed by atoms with E-state index in [2.05, 4.69) is 12.2 Å². The fourth-order valence-electron chi connectivity index (χ4n) is 1.79. The molecule has 0 aliphatic carbocycles. The predicted octanol–water partition coefficient (Wildman–Crippen LogP) is 3.29. The standard InChI is InChI=1S/C14H22ClNO/c1-4-14(17,5-2)10-16-9-12-6-7-13(15)8-11(12)3/h6-8,16-17H,4-5,9-10H2,1-3H3. The first-order valence-corrected chi connectivity index (χ1v) is 6.56. The molecule has 1 aromatic carbocycles. The van der Waals surface area contributed by atoms with Crippen LogP contribution < -0.4 is 5.32 Å². The third-order valence-electron chi connectivity index (χ3n) is 3.39. The minimum Gasteiger partial charge on any atom is -0.389 e. The van der Waals surface area contributed by atoms with Gasteiger partial charge in [-0.05, 0) is 43.0 Å². The van der Waals surface area contributed by atoms with Gasteiger partial charge in [0.1, 0.15) is 0 Å². The largest absolute Gasteiger partial charge is 0.389 e. The number of aliphatic hydroxyl groups is 1. The molecule has 0 fully saturated rings. The highest BCUT2D eigenvalue weighted by atomic mass is 35.5. The van der Waals surface area contributed by atoms with Crippen molar-refractivity contribution in [2.75, 3.05) is 6.54 Å². The van der Waals surface area contributed by atoms with Crippen LogP contribution in [0.1, 0.15) is 37.8 Å². The van der Waals surface area contributed by atoms with Gasteiger partial charge in [-0.1, -0.05) is 31.5 Å². The zero-order valence-electron chi connectivity index (χ0n) is 10.9. The van der Waals surface area contributed by atoms with E-state index in [4.69, 9.17) is 11.6 Å². The second-order valence-corrected chi connectivity index (χ2v) is 5.04. The Morgan fingerprint density at radius 1 is 1.29 bits per heavy atom. The summed E-state index contributed by atoms with van der Waals surface area (Å²) in [6.45, 7) is 7.47. The Kier molecular flexibility index (Phi) is 5.44. The van der Waals surface area contributed by atoms with E-state index in [9.17, 15) is 5.11 Å². The smallest absolute Gasteiger partial charge is 0.0766 e. The quantitative estimate of drug-likeness (QED) is 0.818. The van der Waals surface area contributed by atoms with Gasteiger partial charge < -0.3 is 10.4 Å². The highest BCUT2D eigenvalue weighted by molar-refractivity contribution is 6.30. The van der Waals surface area contributed by atoms with Crippen LogP contribution in [0, 0.1) is 6.92 Å². The van der Waals surface area contributed by atoms with Gasteiger partial charge in [-0.25, -0.2) is 0 Å². The molecule has 96 valence electrons.